The van der Waals surface area contributed by atoms with E-state index in [4.69, 9.17) is 10.3 Å². The van der Waals surface area contributed by atoms with E-state index in [1.54, 1.807) is 11.8 Å². The van der Waals surface area contributed by atoms with Gasteiger partial charge in [-0.3, -0.25) is 0 Å². The van der Waals surface area contributed by atoms with E-state index in [1.165, 1.54) is 4.90 Å². The van der Waals surface area contributed by atoms with Gasteiger partial charge in [-0.15, -0.1) is 11.8 Å². The molecular formula is C19H21N3OS. The van der Waals surface area contributed by atoms with Gasteiger partial charge in [-0.05, 0) is 23.6 Å². The van der Waals surface area contributed by atoms with Crippen LogP contribution in [0.3, 0.4) is 0 Å². The standard InChI is InChI=1S/C19H21N3OS/c1-13(2)17(24-16-6-4-3-5-7-16)19-21-18(22-23-19)15-10-8-14(12-20)9-11-15/h3-11,13,17H,12,20H2,1-2H3. The van der Waals surface area contributed by atoms with Gasteiger partial charge in [-0.1, -0.05) is 61.5 Å². The monoisotopic (exact) mass is 339 g/mol. The van der Waals surface area contributed by atoms with E-state index in [-0.39, 0.29) is 5.25 Å². The number of aromatic nitrogens is 2. The fourth-order valence-corrected chi connectivity index (χ4v) is 3.45. The van der Waals surface area contributed by atoms with Crippen molar-refractivity contribution in [1.82, 2.24) is 10.1 Å². The highest BCUT2D eigenvalue weighted by Gasteiger charge is 2.24. The maximum Gasteiger partial charge on any atom is 0.240 e. The van der Waals surface area contributed by atoms with Crippen molar-refractivity contribution in [3.63, 3.8) is 0 Å². The molecule has 24 heavy (non-hydrogen) atoms. The third-order valence-electron chi connectivity index (χ3n) is 3.74. The summed E-state index contributed by atoms with van der Waals surface area (Å²) < 4.78 is 5.56. The number of thioether (sulfide) groups is 1. The van der Waals surface area contributed by atoms with Crippen LogP contribution in [0, 0.1) is 5.92 Å². The smallest absolute Gasteiger partial charge is 0.240 e. The predicted octanol–water partition coefficient (Wildman–Crippen LogP) is 4.68. The number of nitrogens with two attached hydrogens (primary N) is 1. The van der Waals surface area contributed by atoms with Gasteiger partial charge < -0.3 is 10.3 Å². The molecule has 124 valence electrons. The van der Waals surface area contributed by atoms with E-state index < -0.39 is 0 Å². The molecule has 1 aromatic heterocycles. The molecule has 0 radical (unpaired) electrons. The molecule has 0 spiro atoms. The number of rotatable bonds is 6. The van der Waals surface area contributed by atoms with Crippen LogP contribution in [0.2, 0.25) is 0 Å². The van der Waals surface area contributed by atoms with E-state index in [0.29, 0.717) is 24.2 Å². The molecule has 0 saturated carbocycles. The molecule has 0 aliphatic carbocycles. The largest absolute Gasteiger partial charge is 0.338 e. The highest BCUT2D eigenvalue weighted by Crippen LogP contribution is 2.40. The van der Waals surface area contributed by atoms with Gasteiger partial charge in [0.2, 0.25) is 11.7 Å². The molecule has 4 nitrogen and oxygen atoms in total. The quantitative estimate of drug-likeness (QED) is 0.660. The molecule has 0 saturated heterocycles. The fourth-order valence-electron chi connectivity index (χ4n) is 2.38. The van der Waals surface area contributed by atoms with Gasteiger partial charge in [0.05, 0.1) is 5.25 Å². The molecule has 5 heteroatoms. The summed E-state index contributed by atoms with van der Waals surface area (Å²) in [6.45, 7) is 4.86. The van der Waals surface area contributed by atoms with E-state index in [0.717, 1.165) is 11.1 Å². The lowest BCUT2D eigenvalue weighted by Crippen LogP contribution is -2.03. The summed E-state index contributed by atoms with van der Waals surface area (Å²) in [4.78, 5) is 5.82. The topological polar surface area (TPSA) is 64.9 Å². The molecule has 0 amide bonds. The highest BCUT2D eigenvalue weighted by atomic mass is 32.2. The predicted molar refractivity (Wildman–Crippen MR) is 97.5 cm³/mol. The number of hydrogen-bond acceptors (Lipinski definition) is 5. The minimum atomic E-state index is 0.122. The maximum atomic E-state index is 5.64. The van der Waals surface area contributed by atoms with Crippen molar-refractivity contribution in [2.45, 2.75) is 30.5 Å². The normalized spacial score (nSPS) is 12.5. The lowest BCUT2D eigenvalue weighted by molar-refractivity contribution is 0.360. The van der Waals surface area contributed by atoms with Gasteiger partial charge in [-0.2, -0.15) is 4.98 Å². The zero-order chi connectivity index (χ0) is 16.9. The first-order chi connectivity index (χ1) is 11.7. The van der Waals surface area contributed by atoms with Gasteiger partial charge in [0, 0.05) is 17.0 Å². The molecule has 2 N–H and O–H groups in total. The zero-order valence-electron chi connectivity index (χ0n) is 13.8. The van der Waals surface area contributed by atoms with Crippen molar-refractivity contribution in [1.29, 1.82) is 0 Å². The number of benzene rings is 2. The van der Waals surface area contributed by atoms with Crippen LogP contribution in [0.1, 0.15) is 30.6 Å². The van der Waals surface area contributed by atoms with Crippen molar-refractivity contribution >= 4 is 11.8 Å². The lowest BCUT2D eigenvalue weighted by atomic mass is 10.1. The summed E-state index contributed by atoms with van der Waals surface area (Å²) in [6, 6.07) is 18.2. The summed E-state index contributed by atoms with van der Waals surface area (Å²) in [5.41, 5.74) is 7.66. The Kier molecular flexibility index (Phi) is 5.33. The van der Waals surface area contributed by atoms with Crippen LogP contribution < -0.4 is 5.73 Å². The average Bonchev–Trinajstić information content (AvgIpc) is 3.10. The van der Waals surface area contributed by atoms with Crippen LogP contribution in [0.15, 0.2) is 64.0 Å². The Balaban J connectivity index is 1.83. The van der Waals surface area contributed by atoms with Crippen LogP contribution in [-0.2, 0) is 6.54 Å². The first-order valence-electron chi connectivity index (χ1n) is 8.02. The Morgan fingerprint density at radius 3 is 2.38 bits per heavy atom. The Hall–Kier alpha value is -2.11. The highest BCUT2D eigenvalue weighted by molar-refractivity contribution is 7.99. The maximum absolute atomic E-state index is 5.64. The summed E-state index contributed by atoms with van der Waals surface area (Å²) in [7, 11) is 0. The van der Waals surface area contributed by atoms with E-state index >= 15 is 0 Å². The van der Waals surface area contributed by atoms with Crippen LogP contribution in [-0.4, -0.2) is 10.1 Å². The minimum absolute atomic E-state index is 0.122. The Labute approximate surface area is 146 Å². The Morgan fingerprint density at radius 2 is 1.75 bits per heavy atom. The van der Waals surface area contributed by atoms with Crippen LogP contribution in [0.25, 0.3) is 11.4 Å². The van der Waals surface area contributed by atoms with E-state index in [9.17, 15) is 0 Å². The van der Waals surface area contributed by atoms with Crippen molar-refractivity contribution in [3.05, 3.63) is 66.1 Å². The average molecular weight is 339 g/mol. The van der Waals surface area contributed by atoms with Crippen LogP contribution in [0.5, 0.6) is 0 Å². The molecule has 0 bridgehead atoms. The van der Waals surface area contributed by atoms with Gasteiger partial charge in [-0.25, -0.2) is 0 Å². The fraction of sp³-hybridized carbons (Fsp3) is 0.263. The third-order valence-corrected chi connectivity index (χ3v) is 5.29. The minimum Gasteiger partial charge on any atom is -0.338 e. The molecule has 1 heterocycles. The second kappa shape index (κ2) is 7.64. The number of nitrogens with zero attached hydrogens (tertiary/aromatic N) is 2. The first kappa shape index (κ1) is 16.7. The molecule has 2 aromatic carbocycles. The number of hydrogen-bond donors (Lipinski definition) is 1. The Morgan fingerprint density at radius 1 is 1.04 bits per heavy atom. The summed E-state index contributed by atoms with van der Waals surface area (Å²) >= 11 is 1.75. The second-order valence-electron chi connectivity index (χ2n) is 5.95. The van der Waals surface area contributed by atoms with Crippen molar-refractivity contribution in [3.8, 4) is 11.4 Å². The molecule has 1 atom stereocenters. The van der Waals surface area contributed by atoms with Gasteiger partial charge in [0.15, 0.2) is 0 Å². The van der Waals surface area contributed by atoms with E-state index in [1.807, 2.05) is 42.5 Å². The molecule has 3 rings (SSSR count). The molecule has 3 aromatic rings. The van der Waals surface area contributed by atoms with Crippen LogP contribution in [0.4, 0.5) is 0 Å². The summed E-state index contributed by atoms with van der Waals surface area (Å²) in [5, 5.41) is 4.28. The van der Waals surface area contributed by atoms with Crippen LogP contribution >= 0.6 is 11.8 Å². The van der Waals surface area contributed by atoms with E-state index in [2.05, 4.69) is 36.1 Å². The molecule has 0 aliphatic heterocycles. The Bertz CT molecular complexity index is 769. The lowest BCUT2D eigenvalue weighted by Gasteiger charge is -2.16. The zero-order valence-corrected chi connectivity index (χ0v) is 14.7. The summed E-state index contributed by atoms with van der Waals surface area (Å²) in [5.74, 6) is 1.66. The van der Waals surface area contributed by atoms with Gasteiger partial charge in [0.1, 0.15) is 0 Å². The molecule has 1 unspecified atom stereocenters. The summed E-state index contributed by atoms with van der Waals surface area (Å²) in [6.07, 6.45) is 0. The molecule has 0 fully saturated rings. The van der Waals surface area contributed by atoms with Gasteiger partial charge in [0.25, 0.3) is 0 Å². The van der Waals surface area contributed by atoms with Crippen molar-refractivity contribution in [2.75, 3.05) is 0 Å². The third kappa shape index (κ3) is 3.86. The van der Waals surface area contributed by atoms with Crippen molar-refractivity contribution in [2.24, 2.45) is 11.7 Å². The molecular weight excluding hydrogens is 318 g/mol. The van der Waals surface area contributed by atoms with Crippen molar-refractivity contribution < 1.29 is 4.52 Å². The molecule has 0 aliphatic rings. The first-order valence-corrected chi connectivity index (χ1v) is 8.90. The SMILES string of the molecule is CC(C)C(Sc1ccccc1)c1nc(-c2ccc(CN)cc2)no1. The van der Waals surface area contributed by atoms with Gasteiger partial charge >= 0.3 is 0 Å². The second-order valence-corrected chi connectivity index (χ2v) is 7.17.